The van der Waals surface area contributed by atoms with Crippen molar-refractivity contribution in [2.75, 3.05) is 6.54 Å². The van der Waals surface area contributed by atoms with Crippen LogP contribution in [0.4, 0.5) is 0 Å². The molecule has 2 heterocycles. The summed E-state index contributed by atoms with van der Waals surface area (Å²) < 4.78 is 11.4. The van der Waals surface area contributed by atoms with Crippen molar-refractivity contribution >= 4 is 27.8 Å². The first-order chi connectivity index (χ1) is 12.2. The zero-order chi connectivity index (χ0) is 19.2. The van der Waals surface area contributed by atoms with Crippen LogP contribution in [0.5, 0.6) is 0 Å². The van der Waals surface area contributed by atoms with E-state index in [1.165, 1.54) is 0 Å². The van der Waals surface area contributed by atoms with Crippen molar-refractivity contribution in [1.82, 2.24) is 5.32 Å². The molecule has 5 nitrogen and oxygen atoms in total. The number of hydrogen-bond donors (Lipinski definition) is 1. The first-order valence-electron chi connectivity index (χ1n) is 8.93. The Morgan fingerprint density at radius 3 is 2.27 bits per heavy atom. The van der Waals surface area contributed by atoms with Gasteiger partial charge in [-0.05, 0) is 50.8 Å². The maximum absolute atomic E-state index is 12.5. The van der Waals surface area contributed by atoms with E-state index >= 15 is 0 Å². The third-order valence-corrected chi connectivity index (χ3v) is 4.99. The number of aryl methyl sites for hydroxylation is 4. The average Bonchev–Trinajstić information content (AvgIpc) is 2.86. The molecule has 0 spiro atoms. The van der Waals surface area contributed by atoms with Gasteiger partial charge in [-0.25, -0.2) is 4.79 Å². The molecule has 0 fully saturated rings. The van der Waals surface area contributed by atoms with Gasteiger partial charge in [0.05, 0.1) is 12.0 Å². The molecule has 0 unspecified atom stereocenters. The minimum Gasteiger partial charge on any atom is -0.461 e. The number of benzene rings is 1. The highest BCUT2D eigenvalue weighted by Crippen LogP contribution is 2.34. The van der Waals surface area contributed by atoms with E-state index in [-0.39, 0.29) is 12.3 Å². The molecule has 1 N–H and O–H groups in total. The summed E-state index contributed by atoms with van der Waals surface area (Å²) in [5.41, 5.74) is 3.90. The molecule has 26 heavy (non-hydrogen) atoms. The van der Waals surface area contributed by atoms with E-state index in [1.807, 2.05) is 47.6 Å². The van der Waals surface area contributed by atoms with Gasteiger partial charge < -0.3 is 14.2 Å². The first kappa shape index (κ1) is 18.2. The second kappa shape index (κ2) is 6.63. The molecule has 5 heteroatoms. The van der Waals surface area contributed by atoms with Crippen LogP contribution in [0.25, 0.3) is 21.9 Å². The Kier molecular flexibility index (Phi) is 4.65. The minimum atomic E-state index is -0.461. The molecule has 3 aromatic rings. The fourth-order valence-corrected chi connectivity index (χ4v) is 3.24. The molecule has 0 aliphatic carbocycles. The van der Waals surface area contributed by atoms with Crippen LogP contribution in [0.15, 0.2) is 19.7 Å². The topological polar surface area (TPSA) is 72.5 Å². The van der Waals surface area contributed by atoms with E-state index in [0.717, 1.165) is 38.8 Å². The second-order valence-electron chi connectivity index (χ2n) is 7.41. The number of furan rings is 1. The summed E-state index contributed by atoms with van der Waals surface area (Å²) in [6.07, 6.45) is 0.0251. The van der Waals surface area contributed by atoms with Crippen LogP contribution in [0.3, 0.4) is 0 Å². The number of nitrogens with one attached hydrogen (secondary N) is 1. The zero-order valence-corrected chi connectivity index (χ0v) is 16.2. The highest BCUT2D eigenvalue weighted by atomic mass is 16.4. The average molecular weight is 355 g/mol. The van der Waals surface area contributed by atoms with Crippen LogP contribution in [0.2, 0.25) is 0 Å². The summed E-state index contributed by atoms with van der Waals surface area (Å²) in [6.45, 7) is 12.3. The number of rotatable bonds is 4. The first-order valence-corrected chi connectivity index (χ1v) is 8.93. The molecule has 0 saturated heterocycles. The van der Waals surface area contributed by atoms with E-state index in [4.69, 9.17) is 8.83 Å². The van der Waals surface area contributed by atoms with Crippen molar-refractivity contribution in [3.8, 4) is 0 Å². The smallest absolute Gasteiger partial charge is 0.340 e. The highest BCUT2D eigenvalue weighted by molar-refractivity contribution is 6.00. The summed E-state index contributed by atoms with van der Waals surface area (Å²) in [6, 6.07) is 2.00. The Labute approximate surface area is 152 Å². The van der Waals surface area contributed by atoms with Crippen LogP contribution in [-0.4, -0.2) is 12.5 Å². The molecule has 138 valence electrons. The summed E-state index contributed by atoms with van der Waals surface area (Å²) in [5.74, 6) is 1.05. The van der Waals surface area contributed by atoms with E-state index in [1.54, 1.807) is 0 Å². The molecule has 0 saturated carbocycles. The summed E-state index contributed by atoms with van der Waals surface area (Å²) in [7, 11) is 0. The van der Waals surface area contributed by atoms with Gasteiger partial charge in [0, 0.05) is 22.9 Å². The van der Waals surface area contributed by atoms with Gasteiger partial charge in [-0.15, -0.1) is 0 Å². The van der Waals surface area contributed by atoms with Crippen LogP contribution < -0.4 is 10.9 Å². The van der Waals surface area contributed by atoms with Crippen LogP contribution in [-0.2, 0) is 11.2 Å². The predicted molar refractivity (Wildman–Crippen MR) is 103 cm³/mol. The third-order valence-electron chi connectivity index (χ3n) is 4.99. The van der Waals surface area contributed by atoms with Crippen LogP contribution in [0.1, 0.15) is 41.9 Å². The summed E-state index contributed by atoms with van der Waals surface area (Å²) in [4.78, 5) is 24.7. The van der Waals surface area contributed by atoms with Gasteiger partial charge in [0.25, 0.3) is 0 Å². The van der Waals surface area contributed by atoms with Gasteiger partial charge in [-0.2, -0.15) is 0 Å². The van der Waals surface area contributed by atoms with Crippen molar-refractivity contribution in [2.45, 2.75) is 48.0 Å². The number of carbonyl (C=O) groups excluding carboxylic acids is 1. The van der Waals surface area contributed by atoms with E-state index in [0.29, 0.717) is 23.6 Å². The second-order valence-corrected chi connectivity index (χ2v) is 7.41. The lowest BCUT2D eigenvalue weighted by Crippen LogP contribution is -2.30. The molecular weight excluding hydrogens is 330 g/mol. The fourth-order valence-electron chi connectivity index (χ4n) is 3.24. The third kappa shape index (κ3) is 3.02. The monoisotopic (exact) mass is 355 g/mol. The van der Waals surface area contributed by atoms with E-state index < -0.39 is 5.63 Å². The minimum absolute atomic E-state index is 0.0251. The largest absolute Gasteiger partial charge is 0.461 e. The van der Waals surface area contributed by atoms with Gasteiger partial charge in [0.1, 0.15) is 16.9 Å². The van der Waals surface area contributed by atoms with Crippen LogP contribution in [0, 0.1) is 33.6 Å². The van der Waals surface area contributed by atoms with Gasteiger partial charge in [0.2, 0.25) is 5.91 Å². The lowest BCUT2D eigenvalue weighted by atomic mass is 9.98. The Morgan fingerprint density at radius 2 is 1.62 bits per heavy atom. The molecule has 1 amide bonds. The Morgan fingerprint density at radius 1 is 1.00 bits per heavy atom. The van der Waals surface area contributed by atoms with Crippen molar-refractivity contribution in [2.24, 2.45) is 5.92 Å². The Bertz CT molecular complexity index is 1070. The molecule has 0 radical (unpaired) electrons. The number of fused-ring (bicyclic) bond motifs is 2. The normalized spacial score (nSPS) is 11.7. The predicted octanol–water partition coefficient (Wildman–Crippen LogP) is 4.09. The molecular formula is C21H25NO4. The molecule has 2 aromatic heterocycles. The molecule has 0 bridgehead atoms. The molecule has 0 aliphatic rings. The van der Waals surface area contributed by atoms with Crippen molar-refractivity contribution in [3.63, 3.8) is 0 Å². The lowest BCUT2D eigenvalue weighted by molar-refractivity contribution is -0.120. The summed E-state index contributed by atoms with van der Waals surface area (Å²) in [5, 5.41) is 4.72. The lowest BCUT2D eigenvalue weighted by Gasteiger charge is -2.11. The van der Waals surface area contributed by atoms with Gasteiger partial charge in [0.15, 0.2) is 0 Å². The van der Waals surface area contributed by atoms with E-state index in [9.17, 15) is 9.59 Å². The van der Waals surface area contributed by atoms with Crippen molar-refractivity contribution in [3.05, 3.63) is 44.5 Å². The van der Waals surface area contributed by atoms with Crippen molar-refractivity contribution < 1.29 is 13.6 Å². The van der Waals surface area contributed by atoms with Crippen LogP contribution >= 0.6 is 0 Å². The Hall–Kier alpha value is -2.56. The SMILES string of the molecule is Cc1oc2c(C)c3oc(=O)c(CC(=O)NCC(C)C)c(C)c3cc2c1C. The molecule has 0 aliphatic heterocycles. The number of amides is 1. The van der Waals surface area contributed by atoms with Gasteiger partial charge >= 0.3 is 5.63 Å². The fraction of sp³-hybridized carbons (Fsp3) is 0.429. The zero-order valence-electron chi connectivity index (χ0n) is 16.2. The molecule has 0 atom stereocenters. The van der Waals surface area contributed by atoms with Gasteiger partial charge in [-0.3, -0.25) is 4.79 Å². The Balaban J connectivity index is 2.15. The number of carbonyl (C=O) groups is 1. The van der Waals surface area contributed by atoms with E-state index in [2.05, 4.69) is 5.32 Å². The van der Waals surface area contributed by atoms with Crippen molar-refractivity contribution in [1.29, 1.82) is 0 Å². The molecule has 1 aromatic carbocycles. The highest BCUT2D eigenvalue weighted by Gasteiger charge is 2.20. The van der Waals surface area contributed by atoms with Gasteiger partial charge in [-0.1, -0.05) is 13.8 Å². The maximum Gasteiger partial charge on any atom is 0.340 e. The number of hydrogen-bond acceptors (Lipinski definition) is 4. The molecule has 3 rings (SSSR count). The standard InChI is InChI=1S/C21H25NO4/c1-10(2)9-22-18(23)8-17-12(4)16-7-15-11(3)14(6)25-19(15)13(5)20(16)26-21(17)24/h7,10H,8-9H2,1-6H3,(H,22,23). The maximum atomic E-state index is 12.5. The quantitative estimate of drug-likeness (QED) is 0.716. The summed E-state index contributed by atoms with van der Waals surface area (Å²) >= 11 is 0.